The van der Waals surface area contributed by atoms with Crippen molar-refractivity contribution in [2.45, 2.75) is 13.1 Å². The van der Waals surface area contributed by atoms with Crippen molar-refractivity contribution in [3.63, 3.8) is 0 Å². The van der Waals surface area contributed by atoms with Crippen LogP contribution in [0.4, 0.5) is 4.39 Å². The van der Waals surface area contributed by atoms with Gasteiger partial charge in [-0.2, -0.15) is 0 Å². The van der Waals surface area contributed by atoms with E-state index in [2.05, 4.69) is 0 Å². The molecule has 0 aliphatic rings. The molecule has 2 N–H and O–H groups in total. The molecule has 0 atom stereocenters. The summed E-state index contributed by atoms with van der Waals surface area (Å²) in [5.41, 5.74) is 7.15. The van der Waals surface area contributed by atoms with Gasteiger partial charge in [-0.05, 0) is 24.1 Å². The molecule has 11 heavy (non-hydrogen) atoms. The van der Waals surface area contributed by atoms with Crippen molar-refractivity contribution < 1.29 is 4.39 Å². The van der Waals surface area contributed by atoms with Gasteiger partial charge in [0.2, 0.25) is 0 Å². The average Bonchev–Trinajstić information content (AvgIpc) is 2.06. The van der Waals surface area contributed by atoms with Crippen molar-refractivity contribution >= 4 is 0 Å². The Hall–Kier alpha value is -0.890. The van der Waals surface area contributed by atoms with Crippen molar-refractivity contribution in [3.05, 3.63) is 35.4 Å². The lowest BCUT2D eigenvalue weighted by Gasteiger charge is -2.02. The summed E-state index contributed by atoms with van der Waals surface area (Å²) in [6.45, 7) is 0.188. The van der Waals surface area contributed by atoms with Crippen LogP contribution in [0.1, 0.15) is 11.1 Å². The van der Waals surface area contributed by atoms with Gasteiger partial charge < -0.3 is 5.73 Å². The van der Waals surface area contributed by atoms with E-state index in [9.17, 15) is 4.39 Å². The molecule has 0 aliphatic carbocycles. The monoisotopic (exact) mass is 153 g/mol. The number of hydrogen-bond acceptors (Lipinski definition) is 1. The van der Waals surface area contributed by atoms with Crippen molar-refractivity contribution in [3.8, 4) is 0 Å². The molecule has 0 spiro atoms. The molecule has 1 nitrogen and oxygen atoms in total. The lowest BCUT2D eigenvalue weighted by atomic mass is 10.1. The van der Waals surface area contributed by atoms with Crippen LogP contribution in [0.15, 0.2) is 24.3 Å². The molecule has 0 aromatic heterocycles. The van der Waals surface area contributed by atoms with E-state index in [0.717, 1.165) is 17.5 Å². The zero-order valence-electron chi connectivity index (χ0n) is 6.39. The summed E-state index contributed by atoms with van der Waals surface area (Å²) in [5, 5.41) is 0. The molecule has 0 bridgehead atoms. The molecule has 2 heteroatoms. The zero-order valence-corrected chi connectivity index (χ0v) is 6.39. The lowest BCUT2D eigenvalue weighted by molar-refractivity contribution is 0.482. The molecule has 0 radical (unpaired) electrons. The zero-order chi connectivity index (χ0) is 8.10. The summed E-state index contributed by atoms with van der Waals surface area (Å²) >= 11 is 0. The predicted octanol–water partition coefficient (Wildman–Crippen LogP) is 1.66. The van der Waals surface area contributed by atoms with Crippen LogP contribution in [0.5, 0.6) is 0 Å². The molecule has 0 aliphatic heterocycles. The van der Waals surface area contributed by atoms with E-state index < -0.39 is 6.67 Å². The van der Waals surface area contributed by atoms with Crippen molar-refractivity contribution in [1.82, 2.24) is 0 Å². The third kappa shape index (κ3) is 2.02. The Balaban J connectivity index is 2.83. The van der Waals surface area contributed by atoms with Gasteiger partial charge in [-0.25, -0.2) is 4.39 Å². The summed E-state index contributed by atoms with van der Waals surface area (Å²) in [6.07, 6.45) is 0.764. The van der Waals surface area contributed by atoms with E-state index in [0.29, 0.717) is 6.54 Å². The molecule has 0 heterocycles. The Morgan fingerprint density at radius 1 is 1.18 bits per heavy atom. The second-order valence-corrected chi connectivity index (χ2v) is 2.44. The Bertz CT molecular complexity index is 223. The fraction of sp³-hybridized carbons (Fsp3) is 0.333. The van der Waals surface area contributed by atoms with Crippen LogP contribution in [0.3, 0.4) is 0 Å². The van der Waals surface area contributed by atoms with Crippen molar-refractivity contribution in [2.24, 2.45) is 5.73 Å². The first-order chi connectivity index (χ1) is 5.38. The standard InChI is InChI=1S/C9H12FN/c10-7-9-4-2-1-3-8(9)5-6-11/h1-4H,5-7,11H2. The fourth-order valence-corrected chi connectivity index (χ4v) is 1.09. The van der Waals surface area contributed by atoms with Crippen LogP contribution in [-0.4, -0.2) is 6.54 Å². The van der Waals surface area contributed by atoms with E-state index >= 15 is 0 Å². The number of rotatable bonds is 3. The highest BCUT2D eigenvalue weighted by molar-refractivity contribution is 5.26. The highest BCUT2D eigenvalue weighted by atomic mass is 19.1. The molecule has 60 valence electrons. The second-order valence-electron chi connectivity index (χ2n) is 2.44. The SMILES string of the molecule is NCCc1ccccc1CF. The summed E-state index contributed by atoms with van der Waals surface area (Å²) in [4.78, 5) is 0. The molecule has 1 rings (SSSR count). The highest BCUT2D eigenvalue weighted by Gasteiger charge is 1.98. The second kappa shape index (κ2) is 4.09. The number of hydrogen-bond donors (Lipinski definition) is 1. The molecular weight excluding hydrogens is 141 g/mol. The quantitative estimate of drug-likeness (QED) is 0.702. The van der Waals surface area contributed by atoms with E-state index in [4.69, 9.17) is 5.73 Å². The van der Waals surface area contributed by atoms with E-state index in [-0.39, 0.29) is 0 Å². The lowest BCUT2D eigenvalue weighted by Crippen LogP contribution is -2.04. The normalized spacial score (nSPS) is 10.0. The van der Waals surface area contributed by atoms with Gasteiger partial charge in [0.05, 0.1) is 0 Å². The summed E-state index contributed by atoms with van der Waals surface area (Å²) in [7, 11) is 0. The van der Waals surface area contributed by atoms with Crippen molar-refractivity contribution in [1.29, 1.82) is 0 Å². The molecule has 1 aromatic carbocycles. The van der Waals surface area contributed by atoms with Gasteiger partial charge in [-0.3, -0.25) is 0 Å². The molecule has 0 unspecified atom stereocenters. The predicted molar refractivity (Wildman–Crippen MR) is 44.0 cm³/mol. The topological polar surface area (TPSA) is 26.0 Å². The van der Waals surface area contributed by atoms with Gasteiger partial charge in [0.25, 0.3) is 0 Å². The number of halogens is 1. The minimum Gasteiger partial charge on any atom is -0.330 e. The van der Waals surface area contributed by atoms with E-state index in [1.807, 2.05) is 18.2 Å². The summed E-state index contributed by atoms with van der Waals surface area (Å²) in [5.74, 6) is 0. The van der Waals surface area contributed by atoms with Crippen LogP contribution in [-0.2, 0) is 13.1 Å². The van der Waals surface area contributed by atoms with Gasteiger partial charge in [-0.15, -0.1) is 0 Å². The van der Waals surface area contributed by atoms with Gasteiger partial charge in [0.1, 0.15) is 6.67 Å². The van der Waals surface area contributed by atoms with Crippen LogP contribution in [0.25, 0.3) is 0 Å². The first-order valence-corrected chi connectivity index (χ1v) is 3.71. The van der Waals surface area contributed by atoms with Crippen molar-refractivity contribution in [2.75, 3.05) is 6.54 Å². The molecule has 1 aromatic rings. The first kappa shape index (κ1) is 8.21. The number of benzene rings is 1. The maximum Gasteiger partial charge on any atom is 0.115 e. The van der Waals surface area contributed by atoms with Gasteiger partial charge in [0.15, 0.2) is 0 Å². The minimum absolute atomic E-state index is 0.393. The third-order valence-electron chi connectivity index (χ3n) is 1.68. The first-order valence-electron chi connectivity index (χ1n) is 3.71. The van der Waals surface area contributed by atoms with Crippen LogP contribution >= 0.6 is 0 Å². The van der Waals surface area contributed by atoms with Gasteiger partial charge >= 0.3 is 0 Å². The number of nitrogens with two attached hydrogens (primary N) is 1. The fourth-order valence-electron chi connectivity index (χ4n) is 1.09. The van der Waals surface area contributed by atoms with Crippen LogP contribution in [0.2, 0.25) is 0 Å². The van der Waals surface area contributed by atoms with E-state index in [1.54, 1.807) is 6.07 Å². The summed E-state index contributed by atoms with van der Waals surface area (Å²) in [6, 6.07) is 7.46. The molecule has 0 saturated carbocycles. The maximum absolute atomic E-state index is 12.3. The molecule has 0 saturated heterocycles. The van der Waals surface area contributed by atoms with E-state index in [1.165, 1.54) is 0 Å². The summed E-state index contributed by atoms with van der Waals surface area (Å²) < 4.78 is 12.3. The van der Waals surface area contributed by atoms with Crippen LogP contribution in [0, 0.1) is 0 Å². The van der Waals surface area contributed by atoms with Gasteiger partial charge in [0, 0.05) is 0 Å². The Morgan fingerprint density at radius 3 is 2.36 bits per heavy atom. The molecule has 0 fully saturated rings. The minimum atomic E-state index is -0.393. The smallest absolute Gasteiger partial charge is 0.115 e. The largest absolute Gasteiger partial charge is 0.330 e. The molecular formula is C9H12FN. The average molecular weight is 153 g/mol. The highest BCUT2D eigenvalue weighted by Crippen LogP contribution is 2.09. The Labute approximate surface area is 66.0 Å². The van der Waals surface area contributed by atoms with Crippen LogP contribution < -0.4 is 5.73 Å². The Morgan fingerprint density at radius 2 is 1.82 bits per heavy atom. The number of alkyl halides is 1. The Kier molecular flexibility index (Phi) is 3.05. The maximum atomic E-state index is 12.3. The van der Waals surface area contributed by atoms with Gasteiger partial charge in [-0.1, -0.05) is 24.3 Å². The third-order valence-corrected chi connectivity index (χ3v) is 1.68. The molecule has 0 amide bonds.